The van der Waals surface area contributed by atoms with Crippen molar-refractivity contribution in [2.24, 2.45) is 0 Å². The lowest BCUT2D eigenvalue weighted by molar-refractivity contribution is 1.07. The maximum Gasteiger partial charge on any atom is 0.164 e. The molecule has 0 spiro atoms. The predicted molar refractivity (Wildman–Crippen MR) is 189 cm³/mol. The summed E-state index contributed by atoms with van der Waals surface area (Å²) in [4.78, 5) is 15.3. The molecule has 0 saturated heterocycles. The van der Waals surface area contributed by atoms with Gasteiger partial charge in [-0.25, -0.2) is 15.0 Å². The molecule has 7 aromatic carbocycles. The first-order valence-corrected chi connectivity index (χ1v) is 15.9. The minimum absolute atomic E-state index is 0.655. The van der Waals surface area contributed by atoms with Crippen molar-refractivity contribution in [3.8, 4) is 45.3 Å². The second kappa shape index (κ2) is 10.5. The first kappa shape index (κ1) is 25.8. The molecular formula is C41H25N3S. The quantitative estimate of drug-likeness (QED) is 0.204. The fourth-order valence-electron chi connectivity index (χ4n) is 6.40. The summed E-state index contributed by atoms with van der Waals surface area (Å²) in [5.74, 6) is 1.97. The van der Waals surface area contributed by atoms with Crippen molar-refractivity contribution in [2.45, 2.75) is 0 Å². The summed E-state index contributed by atoms with van der Waals surface area (Å²) >= 11 is 1.85. The van der Waals surface area contributed by atoms with Gasteiger partial charge in [-0.05, 0) is 50.9 Å². The molecule has 2 aromatic heterocycles. The van der Waals surface area contributed by atoms with Crippen LogP contribution in [0.4, 0.5) is 0 Å². The molecule has 0 aliphatic rings. The van der Waals surface area contributed by atoms with Crippen molar-refractivity contribution in [1.82, 2.24) is 15.0 Å². The SMILES string of the molecule is c1ccc(-c2nc(-c3ccc4ccccc4c3)nc(-c3ccccc3-c3c4ccccc4cc4sc5ccccc5c34)n2)cc1. The van der Waals surface area contributed by atoms with Crippen LogP contribution in [0.15, 0.2) is 152 Å². The highest BCUT2D eigenvalue weighted by atomic mass is 32.1. The summed E-state index contributed by atoms with van der Waals surface area (Å²) in [5.41, 5.74) is 5.22. The summed E-state index contributed by atoms with van der Waals surface area (Å²) in [6, 6.07) is 53.2. The lowest BCUT2D eigenvalue weighted by Crippen LogP contribution is -2.01. The van der Waals surface area contributed by atoms with Crippen LogP contribution in [0.3, 0.4) is 0 Å². The second-order valence-electron chi connectivity index (χ2n) is 11.2. The Kier molecular flexibility index (Phi) is 6.00. The molecule has 0 amide bonds. The Bertz CT molecular complexity index is 2550. The van der Waals surface area contributed by atoms with Gasteiger partial charge in [0.1, 0.15) is 0 Å². The number of nitrogens with zero attached hydrogens (tertiary/aromatic N) is 3. The number of benzene rings is 7. The van der Waals surface area contributed by atoms with E-state index in [0.29, 0.717) is 17.5 Å². The highest BCUT2D eigenvalue weighted by Gasteiger charge is 2.20. The zero-order valence-corrected chi connectivity index (χ0v) is 25.0. The largest absolute Gasteiger partial charge is 0.208 e. The van der Waals surface area contributed by atoms with Gasteiger partial charge in [0.05, 0.1) is 0 Å². The van der Waals surface area contributed by atoms with E-state index in [4.69, 9.17) is 15.0 Å². The van der Waals surface area contributed by atoms with Crippen LogP contribution < -0.4 is 0 Å². The van der Waals surface area contributed by atoms with Crippen molar-refractivity contribution in [3.63, 3.8) is 0 Å². The second-order valence-corrected chi connectivity index (χ2v) is 12.3. The molecule has 2 heterocycles. The molecular weight excluding hydrogens is 567 g/mol. The van der Waals surface area contributed by atoms with Gasteiger partial charge in [-0.2, -0.15) is 0 Å². The third-order valence-corrected chi connectivity index (χ3v) is 9.62. The van der Waals surface area contributed by atoms with E-state index in [1.165, 1.54) is 41.9 Å². The van der Waals surface area contributed by atoms with E-state index in [-0.39, 0.29) is 0 Å². The van der Waals surface area contributed by atoms with Gasteiger partial charge in [0.15, 0.2) is 17.5 Å². The normalized spacial score (nSPS) is 11.6. The van der Waals surface area contributed by atoms with Crippen LogP contribution >= 0.6 is 11.3 Å². The highest BCUT2D eigenvalue weighted by molar-refractivity contribution is 7.26. The van der Waals surface area contributed by atoms with E-state index >= 15 is 0 Å². The molecule has 0 aliphatic heterocycles. The smallest absolute Gasteiger partial charge is 0.164 e. The molecule has 0 radical (unpaired) electrons. The Morgan fingerprint density at radius 1 is 0.378 bits per heavy atom. The standard InChI is InChI=1S/C41H25N3S/c1-2-13-27(14-3-1)39-42-40(30-23-22-26-12-4-5-15-28(26)24-30)44-41(43-39)33-19-9-8-18-32(33)37-31-17-7-6-16-29(31)25-36-38(37)34-20-10-11-21-35(34)45-36/h1-25H. The van der Waals surface area contributed by atoms with Gasteiger partial charge in [0.2, 0.25) is 0 Å². The van der Waals surface area contributed by atoms with E-state index in [2.05, 4.69) is 133 Å². The molecule has 45 heavy (non-hydrogen) atoms. The van der Waals surface area contributed by atoms with E-state index in [9.17, 15) is 0 Å². The zero-order chi connectivity index (χ0) is 29.7. The van der Waals surface area contributed by atoms with Crippen molar-refractivity contribution in [1.29, 1.82) is 0 Å². The first-order chi connectivity index (χ1) is 22.3. The van der Waals surface area contributed by atoms with Gasteiger partial charge in [-0.1, -0.05) is 133 Å². The van der Waals surface area contributed by atoms with Crippen LogP contribution in [0.2, 0.25) is 0 Å². The van der Waals surface area contributed by atoms with Gasteiger partial charge in [0, 0.05) is 36.9 Å². The fourth-order valence-corrected chi connectivity index (χ4v) is 7.56. The van der Waals surface area contributed by atoms with Crippen molar-refractivity contribution in [3.05, 3.63) is 152 Å². The summed E-state index contributed by atoms with van der Waals surface area (Å²) in [6.07, 6.45) is 0. The molecule has 0 fully saturated rings. The van der Waals surface area contributed by atoms with E-state index < -0.39 is 0 Å². The third-order valence-electron chi connectivity index (χ3n) is 8.50. The number of thiophene rings is 1. The number of rotatable bonds is 4. The molecule has 0 saturated carbocycles. The topological polar surface area (TPSA) is 38.7 Å². The molecule has 210 valence electrons. The lowest BCUT2D eigenvalue weighted by atomic mass is 9.90. The fraction of sp³-hybridized carbons (Fsp3) is 0. The van der Waals surface area contributed by atoms with Crippen molar-refractivity contribution in [2.75, 3.05) is 0 Å². The molecule has 9 aromatic rings. The van der Waals surface area contributed by atoms with Crippen LogP contribution in [-0.2, 0) is 0 Å². The third kappa shape index (κ3) is 4.38. The number of hydrogen-bond donors (Lipinski definition) is 0. The van der Waals surface area contributed by atoms with Crippen LogP contribution in [0, 0.1) is 0 Å². The Hall–Kier alpha value is -5.71. The van der Waals surface area contributed by atoms with Gasteiger partial charge >= 0.3 is 0 Å². The maximum absolute atomic E-state index is 5.18. The van der Waals surface area contributed by atoms with Gasteiger partial charge in [0.25, 0.3) is 0 Å². The number of hydrogen-bond acceptors (Lipinski definition) is 4. The van der Waals surface area contributed by atoms with Crippen molar-refractivity contribution < 1.29 is 0 Å². The molecule has 0 bridgehead atoms. The maximum atomic E-state index is 5.18. The summed E-state index contributed by atoms with van der Waals surface area (Å²) in [6.45, 7) is 0. The zero-order valence-electron chi connectivity index (χ0n) is 24.2. The molecule has 0 unspecified atom stereocenters. The highest BCUT2D eigenvalue weighted by Crippen LogP contribution is 2.46. The Morgan fingerprint density at radius 3 is 1.84 bits per heavy atom. The average molecular weight is 592 g/mol. The lowest BCUT2D eigenvalue weighted by Gasteiger charge is -2.15. The van der Waals surface area contributed by atoms with E-state index in [1.807, 2.05) is 29.5 Å². The Balaban J connectivity index is 1.34. The van der Waals surface area contributed by atoms with Gasteiger partial charge in [-0.15, -0.1) is 11.3 Å². The molecule has 0 atom stereocenters. The summed E-state index contributed by atoms with van der Waals surface area (Å²) in [7, 11) is 0. The molecule has 0 N–H and O–H groups in total. The average Bonchev–Trinajstić information content (AvgIpc) is 3.48. The van der Waals surface area contributed by atoms with Crippen LogP contribution in [0.25, 0.3) is 87.0 Å². The van der Waals surface area contributed by atoms with E-state index in [1.54, 1.807) is 0 Å². The minimum atomic E-state index is 0.655. The summed E-state index contributed by atoms with van der Waals surface area (Å²) in [5, 5.41) is 7.32. The summed E-state index contributed by atoms with van der Waals surface area (Å²) < 4.78 is 2.56. The van der Waals surface area contributed by atoms with Gasteiger partial charge < -0.3 is 0 Å². The molecule has 0 aliphatic carbocycles. The van der Waals surface area contributed by atoms with Crippen LogP contribution in [-0.4, -0.2) is 15.0 Å². The first-order valence-electron chi connectivity index (χ1n) is 15.0. The van der Waals surface area contributed by atoms with Crippen LogP contribution in [0.1, 0.15) is 0 Å². The predicted octanol–water partition coefficient (Wildman–Crippen LogP) is 11.2. The monoisotopic (exact) mass is 591 g/mol. The minimum Gasteiger partial charge on any atom is -0.208 e. The Morgan fingerprint density at radius 2 is 1.00 bits per heavy atom. The number of aromatic nitrogens is 3. The molecule has 9 rings (SSSR count). The van der Waals surface area contributed by atoms with E-state index in [0.717, 1.165) is 27.6 Å². The molecule has 4 heteroatoms. The molecule has 3 nitrogen and oxygen atoms in total. The van der Waals surface area contributed by atoms with Crippen molar-refractivity contribution >= 4 is 53.1 Å². The Labute approximate surface area is 264 Å². The number of fused-ring (bicyclic) bond motifs is 5. The van der Waals surface area contributed by atoms with Crippen LogP contribution in [0.5, 0.6) is 0 Å². The van der Waals surface area contributed by atoms with Gasteiger partial charge in [-0.3, -0.25) is 0 Å².